The fourth-order valence-electron chi connectivity index (χ4n) is 3.38. The number of alkyl halides is 2. The van der Waals surface area contributed by atoms with Gasteiger partial charge in [0.1, 0.15) is 5.75 Å². The molecule has 1 aliphatic carbocycles. The van der Waals surface area contributed by atoms with Crippen molar-refractivity contribution in [1.29, 1.82) is 0 Å². The number of ether oxygens (including phenoxy) is 1. The number of rotatable bonds is 5. The van der Waals surface area contributed by atoms with Crippen LogP contribution in [0.5, 0.6) is 5.75 Å². The number of halogens is 2. The molecule has 0 saturated carbocycles. The summed E-state index contributed by atoms with van der Waals surface area (Å²) in [6, 6.07) is 12.2. The van der Waals surface area contributed by atoms with Gasteiger partial charge in [-0.2, -0.15) is 5.10 Å². The zero-order valence-electron chi connectivity index (χ0n) is 14.6. The number of aromatic nitrogens is 2. The molecule has 1 heterocycles. The predicted molar refractivity (Wildman–Crippen MR) is 97.3 cm³/mol. The number of hydrogen-bond donors (Lipinski definition) is 2. The quantitative estimate of drug-likeness (QED) is 0.515. The molecule has 0 fully saturated rings. The van der Waals surface area contributed by atoms with Crippen LogP contribution in [0.2, 0.25) is 0 Å². The number of anilines is 2. The summed E-state index contributed by atoms with van der Waals surface area (Å²) in [4.78, 5) is 0. The third kappa shape index (κ3) is 2.62. The summed E-state index contributed by atoms with van der Waals surface area (Å²) >= 11 is 0. The van der Waals surface area contributed by atoms with E-state index in [4.69, 9.17) is 4.74 Å². The first-order chi connectivity index (χ1) is 12.5. The first kappa shape index (κ1) is 16.6. The fourth-order valence-corrected chi connectivity index (χ4v) is 3.38. The highest BCUT2D eigenvalue weighted by Crippen LogP contribution is 2.43. The number of methoxy groups -OCH3 is 1. The van der Waals surface area contributed by atoms with Gasteiger partial charge in [-0.1, -0.05) is 31.2 Å². The Balaban J connectivity index is 1.66. The highest BCUT2D eigenvalue weighted by atomic mass is 19.3. The molecule has 6 heteroatoms. The van der Waals surface area contributed by atoms with E-state index in [1.54, 1.807) is 19.2 Å². The maximum Gasteiger partial charge on any atom is 0.273 e. The molecule has 0 saturated heterocycles. The second-order valence-corrected chi connectivity index (χ2v) is 6.35. The topological polar surface area (TPSA) is 49.9 Å². The predicted octanol–water partition coefficient (Wildman–Crippen LogP) is 5.23. The van der Waals surface area contributed by atoms with Gasteiger partial charge in [-0.3, -0.25) is 5.10 Å². The lowest BCUT2D eigenvalue weighted by Crippen LogP contribution is -2.11. The van der Waals surface area contributed by atoms with Crippen LogP contribution < -0.4 is 10.1 Å². The van der Waals surface area contributed by atoms with Crippen LogP contribution in [-0.2, 0) is 12.3 Å². The number of nitrogens with zero attached hydrogens (tertiary/aromatic N) is 1. The highest BCUT2D eigenvalue weighted by Gasteiger charge is 2.30. The third-order valence-corrected chi connectivity index (χ3v) is 4.83. The maximum atomic E-state index is 14.0. The normalized spacial score (nSPS) is 12.6. The van der Waals surface area contributed by atoms with Crippen LogP contribution in [0, 0.1) is 0 Å². The van der Waals surface area contributed by atoms with E-state index < -0.39 is 5.92 Å². The van der Waals surface area contributed by atoms with E-state index in [2.05, 4.69) is 15.5 Å². The van der Waals surface area contributed by atoms with Crippen LogP contribution in [0.25, 0.3) is 11.3 Å². The van der Waals surface area contributed by atoms with Crippen molar-refractivity contribution < 1.29 is 13.5 Å². The van der Waals surface area contributed by atoms with Gasteiger partial charge in [-0.25, -0.2) is 8.78 Å². The Morgan fingerprint density at radius 3 is 2.77 bits per heavy atom. The van der Waals surface area contributed by atoms with Crippen molar-refractivity contribution in [3.63, 3.8) is 0 Å². The summed E-state index contributed by atoms with van der Waals surface area (Å²) in [5.41, 5.74) is 4.71. The molecule has 4 rings (SSSR count). The Bertz CT molecular complexity index is 965. The summed E-state index contributed by atoms with van der Waals surface area (Å²) in [5, 5.41) is 10.6. The molecule has 0 amide bonds. The minimum atomic E-state index is -2.84. The lowest BCUT2D eigenvalue weighted by atomic mass is 10.1. The standard InChI is InChI=1S/C20H19F2N3O/c1-3-20(21,22)12-6-4-7-13(10-12)23-19-16-11-15-14(18(16)24-25-19)8-5-9-17(15)26-2/h4-10H,3,11H2,1-2H3,(H2,23,24,25). The van der Waals surface area contributed by atoms with Crippen LogP contribution in [-0.4, -0.2) is 17.3 Å². The Hall–Kier alpha value is -2.89. The maximum absolute atomic E-state index is 14.0. The minimum Gasteiger partial charge on any atom is -0.496 e. The molecule has 4 nitrogen and oxygen atoms in total. The zero-order valence-corrected chi connectivity index (χ0v) is 14.6. The van der Waals surface area contributed by atoms with Crippen molar-refractivity contribution >= 4 is 11.5 Å². The van der Waals surface area contributed by atoms with E-state index in [1.807, 2.05) is 18.2 Å². The van der Waals surface area contributed by atoms with Crippen LogP contribution in [0.3, 0.4) is 0 Å². The fraction of sp³-hybridized carbons (Fsp3) is 0.250. The lowest BCUT2D eigenvalue weighted by Gasteiger charge is -2.15. The Labute approximate surface area is 150 Å². The van der Waals surface area contributed by atoms with Crippen molar-refractivity contribution in [2.75, 3.05) is 12.4 Å². The van der Waals surface area contributed by atoms with E-state index in [0.717, 1.165) is 28.1 Å². The molecule has 2 aromatic carbocycles. The SMILES string of the molecule is CCC(F)(F)c1cccc(Nc2n[nH]c3c2Cc2c(OC)cccc2-3)c1. The molecule has 0 unspecified atom stereocenters. The molecular formula is C20H19F2N3O. The first-order valence-corrected chi connectivity index (χ1v) is 8.52. The van der Waals surface area contributed by atoms with E-state index in [9.17, 15) is 8.78 Å². The molecule has 1 aliphatic rings. The second kappa shape index (κ2) is 6.12. The van der Waals surface area contributed by atoms with Gasteiger partial charge in [-0.15, -0.1) is 0 Å². The number of fused-ring (bicyclic) bond motifs is 3. The smallest absolute Gasteiger partial charge is 0.273 e. The number of H-pyrrole nitrogens is 1. The summed E-state index contributed by atoms with van der Waals surface area (Å²) in [6.07, 6.45) is 0.446. The molecule has 134 valence electrons. The van der Waals surface area contributed by atoms with Crippen LogP contribution in [0.15, 0.2) is 42.5 Å². The van der Waals surface area contributed by atoms with Gasteiger partial charge in [-0.05, 0) is 18.2 Å². The van der Waals surface area contributed by atoms with Gasteiger partial charge >= 0.3 is 0 Å². The molecule has 0 radical (unpaired) electrons. The summed E-state index contributed by atoms with van der Waals surface area (Å²) in [7, 11) is 1.65. The van der Waals surface area contributed by atoms with Crippen molar-refractivity contribution in [3.05, 3.63) is 59.2 Å². The average molecular weight is 355 g/mol. The number of nitrogens with one attached hydrogen (secondary N) is 2. The van der Waals surface area contributed by atoms with Gasteiger partial charge in [0.05, 0.1) is 12.8 Å². The van der Waals surface area contributed by atoms with Gasteiger partial charge in [0.2, 0.25) is 0 Å². The van der Waals surface area contributed by atoms with Crippen molar-refractivity contribution in [1.82, 2.24) is 10.2 Å². The molecular weight excluding hydrogens is 336 g/mol. The van der Waals surface area contributed by atoms with Crippen molar-refractivity contribution in [3.8, 4) is 17.0 Å². The minimum absolute atomic E-state index is 0.00198. The molecule has 2 N–H and O–H groups in total. The molecule has 1 aromatic heterocycles. The number of hydrogen-bond acceptors (Lipinski definition) is 3. The third-order valence-electron chi connectivity index (χ3n) is 4.83. The monoisotopic (exact) mass is 355 g/mol. The molecule has 0 aliphatic heterocycles. The molecule has 26 heavy (non-hydrogen) atoms. The van der Waals surface area contributed by atoms with Gasteiger partial charge < -0.3 is 10.1 Å². The molecule has 0 atom stereocenters. The Kier molecular flexibility index (Phi) is 3.90. The second-order valence-electron chi connectivity index (χ2n) is 6.35. The van der Waals surface area contributed by atoms with Gasteiger partial charge in [0.25, 0.3) is 5.92 Å². The van der Waals surface area contributed by atoms with Crippen molar-refractivity contribution in [2.45, 2.75) is 25.7 Å². The highest BCUT2D eigenvalue weighted by molar-refractivity contribution is 5.81. The van der Waals surface area contributed by atoms with E-state index in [-0.39, 0.29) is 12.0 Å². The van der Waals surface area contributed by atoms with Crippen LogP contribution in [0.4, 0.5) is 20.3 Å². The summed E-state index contributed by atoms with van der Waals surface area (Å²) < 4.78 is 33.4. The van der Waals surface area contributed by atoms with Crippen molar-refractivity contribution in [2.24, 2.45) is 0 Å². The summed E-state index contributed by atoms with van der Waals surface area (Å²) in [6.45, 7) is 1.48. The van der Waals surface area contributed by atoms with Crippen LogP contribution in [0.1, 0.15) is 30.0 Å². The van der Waals surface area contributed by atoms with E-state index >= 15 is 0 Å². The molecule has 0 bridgehead atoms. The molecule has 3 aromatic rings. The first-order valence-electron chi connectivity index (χ1n) is 8.52. The summed E-state index contributed by atoms with van der Waals surface area (Å²) in [5.74, 6) is -1.35. The average Bonchev–Trinajstić information content (AvgIpc) is 3.22. The Morgan fingerprint density at radius 1 is 1.19 bits per heavy atom. The van der Waals surface area contributed by atoms with Gasteiger partial charge in [0.15, 0.2) is 5.82 Å². The van der Waals surface area contributed by atoms with Gasteiger partial charge in [0, 0.05) is 40.8 Å². The lowest BCUT2D eigenvalue weighted by molar-refractivity contribution is -0.00823. The number of aromatic amines is 1. The molecule has 0 spiro atoms. The largest absolute Gasteiger partial charge is 0.496 e. The zero-order chi connectivity index (χ0) is 18.3. The van der Waals surface area contributed by atoms with Crippen LogP contribution >= 0.6 is 0 Å². The Morgan fingerprint density at radius 2 is 2.00 bits per heavy atom. The number of benzene rings is 2. The van der Waals surface area contributed by atoms with E-state index in [0.29, 0.717) is 17.9 Å². The van der Waals surface area contributed by atoms with E-state index in [1.165, 1.54) is 19.1 Å².